The molecule has 1 aliphatic heterocycles. The van der Waals surface area contributed by atoms with Crippen LogP contribution in [0.3, 0.4) is 0 Å². The van der Waals surface area contributed by atoms with Gasteiger partial charge in [-0.2, -0.15) is 4.31 Å². The molecule has 10 heteroatoms. The number of benzene rings is 2. The first-order valence-electron chi connectivity index (χ1n) is 10.5. The van der Waals surface area contributed by atoms with Crippen LogP contribution >= 0.6 is 0 Å². The summed E-state index contributed by atoms with van der Waals surface area (Å²) in [6.07, 6.45) is 0. The number of amides is 1. The van der Waals surface area contributed by atoms with Crippen molar-refractivity contribution in [2.45, 2.75) is 31.7 Å². The van der Waals surface area contributed by atoms with Crippen molar-refractivity contribution >= 4 is 32.7 Å². The fourth-order valence-electron chi connectivity index (χ4n) is 4.08. The number of sulfonamides is 1. The first-order chi connectivity index (χ1) is 15.1. The summed E-state index contributed by atoms with van der Waals surface area (Å²) < 4.78 is 27.6. The van der Waals surface area contributed by atoms with Crippen LogP contribution in [0, 0.1) is 13.8 Å². The van der Waals surface area contributed by atoms with E-state index in [4.69, 9.17) is 0 Å². The van der Waals surface area contributed by atoms with Gasteiger partial charge in [0.15, 0.2) is 0 Å². The van der Waals surface area contributed by atoms with Gasteiger partial charge in [0.25, 0.3) is 0 Å². The molecule has 1 aromatic heterocycles. The normalized spacial score (nSPS) is 16.8. The number of piperazine rings is 1. The second-order valence-electron chi connectivity index (χ2n) is 8.21. The third kappa shape index (κ3) is 4.34. The van der Waals surface area contributed by atoms with Crippen LogP contribution in [0.1, 0.15) is 18.1 Å². The van der Waals surface area contributed by atoms with Crippen LogP contribution in [0.5, 0.6) is 0 Å². The van der Waals surface area contributed by atoms with Crippen LogP contribution in [0.2, 0.25) is 0 Å². The number of carbonyl (C=O) groups is 1. The molecule has 1 fully saturated rings. The molecule has 0 unspecified atom stereocenters. The first-order valence-corrected chi connectivity index (χ1v) is 11.9. The van der Waals surface area contributed by atoms with E-state index < -0.39 is 16.1 Å². The minimum absolute atomic E-state index is 0.187. The quantitative estimate of drug-likeness (QED) is 0.540. The third-order valence-corrected chi connectivity index (χ3v) is 7.99. The molecule has 0 saturated carbocycles. The highest BCUT2D eigenvalue weighted by Crippen LogP contribution is 2.23. The summed E-state index contributed by atoms with van der Waals surface area (Å²) in [5, 5.41) is 2.87. The molecule has 0 aliphatic carbocycles. The summed E-state index contributed by atoms with van der Waals surface area (Å²) in [7, 11) is -3.57. The number of imidazole rings is 1. The molecule has 1 atom stereocenters. The Hall–Kier alpha value is -2.95. The number of aromatic amines is 2. The smallest absolute Gasteiger partial charge is 0.323 e. The zero-order valence-electron chi connectivity index (χ0n) is 18.3. The lowest BCUT2D eigenvalue weighted by Gasteiger charge is -2.36. The van der Waals surface area contributed by atoms with Gasteiger partial charge in [-0.1, -0.05) is 17.7 Å². The van der Waals surface area contributed by atoms with E-state index in [1.54, 1.807) is 31.2 Å². The van der Waals surface area contributed by atoms with Gasteiger partial charge in [-0.15, -0.1) is 0 Å². The zero-order valence-corrected chi connectivity index (χ0v) is 19.1. The van der Waals surface area contributed by atoms with E-state index in [2.05, 4.69) is 15.3 Å². The maximum absolute atomic E-state index is 13.1. The van der Waals surface area contributed by atoms with E-state index in [0.29, 0.717) is 47.8 Å². The molecule has 1 saturated heterocycles. The standard InChI is InChI=1S/C22H27N5O4S/c1-14-4-7-20(15(2)12-14)32(30,31)27-10-8-26(9-11-27)16(3)21(28)23-17-5-6-18-19(13-17)25-22(29)24-18/h4-7,12-13,16H,8-11H2,1-3H3,(H,23,28)(H2,24,25,29)/t16-/m1/s1. The molecule has 4 rings (SSSR count). The van der Waals surface area contributed by atoms with Gasteiger partial charge >= 0.3 is 5.69 Å². The Balaban J connectivity index is 1.39. The fraction of sp³-hybridized carbons (Fsp3) is 0.364. The van der Waals surface area contributed by atoms with Crippen LogP contribution in [-0.2, 0) is 14.8 Å². The number of fused-ring (bicyclic) bond motifs is 1. The van der Waals surface area contributed by atoms with Gasteiger partial charge in [0, 0.05) is 31.9 Å². The molecule has 0 radical (unpaired) electrons. The molecule has 9 nitrogen and oxygen atoms in total. The lowest BCUT2D eigenvalue weighted by atomic mass is 10.2. The van der Waals surface area contributed by atoms with Crippen molar-refractivity contribution in [3.8, 4) is 0 Å². The molecule has 1 amide bonds. The number of carbonyl (C=O) groups excluding carboxylic acids is 1. The lowest BCUT2D eigenvalue weighted by molar-refractivity contribution is -0.121. The van der Waals surface area contributed by atoms with Crippen LogP contribution in [0.25, 0.3) is 11.0 Å². The molecule has 1 aliphatic rings. The Bertz CT molecular complexity index is 1320. The molecule has 2 aromatic carbocycles. The molecule has 0 spiro atoms. The van der Waals surface area contributed by atoms with E-state index >= 15 is 0 Å². The molecular formula is C22H27N5O4S. The molecular weight excluding hydrogens is 430 g/mol. The van der Waals surface area contributed by atoms with Crippen molar-refractivity contribution in [3.05, 3.63) is 58.0 Å². The minimum atomic E-state index is -3.57. The number of nitrogens with zero attached hydrogens (tertiary/aromatic N) is 2. The highest BCUT2D eigenvalue weighted by Gasteiger charge is 2.32. The van der Waals surface area contributed by atoms with E-state index in [1.165, 1.54) is 4.31 Å². The summed E-state index contributed by atoms with van der Waals surface area (Å²) in [5.41, 5.74) is 3.33. The Morgan fingerprint density at radius 3 is 2.38 bits per heavy atom. The molecule has 0 bridgehead atoms. The SMILES string of the molecule is Cc1ccc(S(=O)(=O)N2CCN([C@H](C)C(=O)Nc3ccc4[nH]c(=O)[nH]c4c3)CC2)c(C)c1. The maximum Gasteiger partial charge on any atom is 0.323 e. The van der Waals surface area contributed by atoms with Crippen molar-refractivity contribution in [3.63, 3.8) is 0 Å². The molecule has 3 N–H and O–H groups in total. The van der Waals surface area contributed by atoms with Crippen LogP contribution in [0.4, 0.5) is 5.69 Å². The summed E-state index contributed by atoms with van der Waals surface area (Å²) in [6.45, 7) is 7.12. The average Bonchev–Trinajstić information content (AvgIpc) is 3.12. The van der Waals surface area contributed by atoms with Crippen LogP contribution in [0.15, 0.2) is 46.1 Å². The van der Waals surface area contributed by atoms with Crippen LogP contribution in [-0.4, -0.2) is 65.7 Å². The number of rotatable bonds is 5. The fourth-order valence-corrected chi connectivity index (χ4v) is 5.71. The average molecular weight is 458 g/mol. The number of nitrogens with one attached hydrogen (secondary N) is 3. The summed E-state index contributed by atoms with van der Waals surface area (Å²) in [6, 6.07) is 10.1. The van der Waals surface area contributed by atoms with E-state index in [1.807, 2.05) is 30.9 Å². The van der Waals surface area contributed by atoms with Gasteiger partial charge in [-0.05, 0) is 50.6 Å². The third-order valence-electron chi connectivity index (χ3n) is 5.93. The highest BCUT2D eigenvalue weighted by atomic mass is 32.2. The number of aryl methyl sites for hydroxylation is 2. The van der Waals surface area contributed by atoms with Gasteiger partial charge in [0.1, 0.15) is 0 Å². The van der Waals surface area contributed by atoms with Crippen molar-refractivity contribution in [1.82, 2.24) is 19.2 Å². The summed E-state index contributed by atoms with van der Waals surface area (Å²) in [4.78, 5) is 31.8. The van der Waals surface area contributed by atoms with Crippen LogP contribution < -0.4 is 11.0 Å². The lowest BCUT2D eigenvalue weighted by Crippen LogP contribution is -2.54. The first kappa shape index (κ1) is 22.3. The maximum atomic E-state index is 13.1. The number of aromatic nitrogens is 2. The predicted octanol–water partition coefficient (Wildman–Crippen LogP) is 1.81. The second-order valence-corrected chi connectivity index (χ2v) is 10.1. The molecule has 3 aromatic rings. The van der Waals surface area contributed by atoms with Gasteiger partial charge in [0.2, 0.25) is 15.9 Å². The van der Waals surface area contributed by atoms with Crippen molar-refractivity contribution in [1.29, 1.82) is 0 Å². The number of H-pyrrole nitrogens is 2. The van der Waals surface area contributed by atoms with Crippen molar-refractivity contribution in [2.24, 2.45) is 0 Å². The Labute approximate surface area is 186 Å². The molecule has 170 valence electrons. The predicted molar refractivity (Wildman–Crippen MR) is 123 cm³/mol. The second kappa shape index (κ2) is 8.53. The Morgan fingerprint density at radius 2 is 1.69 bits per heavy atom. The minimum Gasteiger partial charge on any atom is -0.325 e. The van der Waals surface area contributed by atoms with Gasteiger partial charge < -0.3 is 15.3 Å². The van der Waals surface area contributed by atoms with E-state index in [0.717, 1.165) is 11.1 Å². The molecule has 2 heterocycles. The monoisotopic (exact) mass is 457 g/mol. The summed E-state index contributed by atoms with van der Waals surface area (Å²) in [5.74, 6) is -0.187. The Morgan fingerprint density at radius 1 is 1.00 bits per heavy atom. The van der Waals surface area contributed by atoms with Crippen molar-refractivity contribution < 1.29 is 13.2 Å². The molecule has 32 heavy (non-hydrogen) atoms. The van der Waals surface area contributed by atoms with E-state index in [9.17, 15) is 18.0 Å². The van der Waals surface area contributed by atoms with Crippen molar-refractivity contribution in [2.75, 3.05) is 31.5 Å². The summed E-state index contributed by atoms with van der Waals surface area (Å²) >= 11 is 0. The van der Waals surface area contributed by atoms with Gasteiger partial charge in [-0.3, -0.25) is 9.69 Å². The number of anilines is 1. The largest absolute Gasteiger partial charge is 0.325 e. The zero-order chi connectivity index (χ0) is 23.0. The number of hydrogen-bond acceptors (Lipinski definition) is 5. The van der Waals surface area contributed by atoms with E-state index in [-0.39, 0.29) is 11.6 Å². The highest BCUT2D eigenvalue weighted by molar-refractivity contribution is 7.89. The van der Waals surface area contributed by atoms with Gasteiger partial charge in [-0.25, -0.2) is 13.2 Å². The number of hydrogen-bond donors (Lipinski definition) is 3. The Kier molecular flexibility index (Phi) is 5.93. The van der Waals surface area contributed by atoms with Gasteiger partial charge in [0.05, 0.1) is 22.0 Å². The topological polar surface area (TPSA) is 118 Å².